The maximum absolute atomic E-state index is 8.67. The minimum absolute atomic E-state index is 0.303. The summed E-state index contributed by atoms with van der Waals surface area (Å²) in [5.41, 5.74) is 0. The van der Waals surface area contributed by atoms with E-state index in [1.165, 1.54) is 12.8 Å². The summed E-state index contributed by atoms with van der Waals surface area (Å²) in [7, 11) is -1.64. The van der Waals surface area contributed by atoms with Crippen LogP contribution in [0.5, 0.6) is 0 Å². The van der Waals surface area contributed by atoms with Crippen molar-refractivity contribution >= 4 is 7.32 Å². The highest BCUT2D eigenvalue weighted by Gasteiger charge is 2.06. The second kappa shape index (κ2) is 21.9. The quantitative estimate of drug-likeness (QED) is 0.215. The molecule has 0 atom stereocenters. The van der Waals surface area contributed by atoms with Crippen molar-refractivity contribution in [3.8, 4) is 0 Å². The third kappa shape index (κ3) is 23.8. The van der Waals surface area contributed by atoms with Crippen molar-refractivity contribution in [3.63, 3.8) is 0 Å². The number of hydrogen-bond acceptors (Lipinski definition) is 6. The average molecular weight is 362 g/mol. The first kappa shape index (κ1) is 24.8. The van der Waals surface area contributed by atoms with Gasteiger partial charge in [0.15, 0.2) is 0 Å². The van der Waals surface area contributed by atoms with E-state index < -0.39 is 7.32 Å². The van der Waals surface area contributed by atoms with Gasteiger partial charge in [-0.1, -0.05) is 38.5 Å². The molecule has 0 radical (unpaired) electrons. The topological polar surface area (TPSA) is 88.4 Å². The van der Waals surface area contributed by atoms with Gasteiger partial charge >= 0.3 is 7.32 Å². The Morgan fingerprint density at radius 1 is 0.480 bits per heavy atom. The van der Waals surface area contributed by atoms with Crippen molar-refractivity contribution in [1.29, 1.82) is 0 Å². The van der Waals surface area contributed by atoms with Crippen LogP contribution in [-0.2, 0) is 14.1 Å². The highest BCUT2D eigenvalue weighted by molar-refractivity contribution is 6.32. The molecule has 0 aliphatic heterocycles. The van der Waals surface area contributed by atoms with Crippen LogP contribution >= 0.6 is 0 Å². The summed E-state index contributed by atoms with van der Waals surface area (Å²) in [6, 6.07) is 0. The molecule has 3 N–H and O–H groups in total. The Kier molecular flexibility index (Phi) is 21.7. The Hall–Kier alpha value is -0.175. The summed E-state index contributed by atoms with van der Waals surface area (Å²) in [6.07, 6.45) is 12.9. The number of ether oxygens (including phenoxy) is 2. The van der Waals surface area contributed by atoms with E-state index in [-0.39, 0.29) is 0 Å². The number of aliphatic hydroxyl groups excluding tert-OH is 1. The van der Waals surface area contributed by atoms with E-state index >= 15 is 0 Å². The molecule has 0 saturated carbocycles. The molecule has 0 aliphatic rings. The van der Waals surface area contributed by atoms with Crippen molar-refractivity contribution in [2.45, 2.75) is 77.0 Å². The van der Waals surface area contributed by atoms with Crippen LogP contribution < -0.4 is 0 Å². The van der Waals surface area contributed by atoms with Crippen molar-refractivity contribution in [2.75, 3.05) is 39.6 Å². The normalized spacial score (nSPS) is 11.2. The molecule has 0 fully saturated rings. The summed E-state index contributed by atoms with van der Waals surface area (Å²) in [5.74, 6) is 0. The van der Waals surface area contributed by atoms with Crippen LogP contribution in [0.15, 0.2) is 0 Å². The number of rotatable bonds is 21. The minimum Gasteiger partial charge on any atom is -0.402 e. The van der Waals surface area contributed by atoms with Crippen molar-refractivity contribution in [1.82, 2.24) is 0 Å². The Bertz CT molecular complexity index is 244. The molecule has 0 aliphatic carbocycles. The predicted octanol–water partition coefficient (Wildman–Crippen LogP) is 2.68. The third-order valence-electron chi connectivity index (χ3n) is 3.97. The van der Waals surface area contributed by atoms with E-state index in [9.17, 15) is 0 Å². The Morgan fingerprint density at radius 2 is 0.840 bits per heavy atom. The molecule has 0 unspecified atom stereocenters. The zero-order valence-corrected chi connectivity index (χ0v) is 15.9. The smallest absolute Gasteiger partial charge is 0.402 e. The lowest BCUT2D eigenvalue weighted by Gasteiger charge is -2.06. The van der Waals surface area contributed by atoms with Gasteiger partial charge in [-0.3, -0.25) is 0 Å². The predicted molar refractivity (Wildman–Crippen MR) is 100 cm³/mol. The van der Waals surface area contributed by atoms with Gasteiger partial charge < -0.3 is 29.3 Å². The van der Waals surface area contributed by atoms with Gasteiger partial charge in [0.1, 0.15) is 0 Å². The molecule has 0 bridgehead atoms. The monoisotopic (exact) mass is 362 g/mol. The van der Waals surface area contributed by atoms with E-state index in [2.05, 4.69) is 4.65 Å². The molecule has 25 heavy (non-hydrogen) atoms. The molecule has 0 rings (SSSR count). The van der Waals surface area contributed by atoms with E-state index in [1.54, 1.807) is 0 Å². The summed E-state index contributed by atoms with van der Waals surface area (Å²) in [5, 5.41) is 25.7. The number of aliphatic hydroxyl groups is 1. The lowest BCUT2D eigenvalue weighted by atomic mass is 10.2. The summed E-state index contributed by atoms with van der Waals surface area (Å²) < 4.78 is 15.8. The molecular weight excluding hydrogens is 323 g/mol. The third-order valence-corrected chi connectivity index (χ3v) is 3.97. The molecule has 0 aromatic heterocycles. The zero-order valence-electron chi connectivity index (χ0n) is 15.9. The minimum atomic E-state index is -1.64. The molecule has 7 heteroatoms. The van der Waals surface area contributed by atoms with Gasteiger partial charge in [-0.05, 0) is 38.5 Å². The van der Waals surface area contributed by atoms with Gasteiger partial charge in [0.05, 0.1) is 0 Å². The van der Waals surface area contributed by atoms with E-state index in [4.69, 9.17) is 24.6 Å². The standard InChI is InChI=1S/C18H39BO6/c20-13-7-1-2-8-14-23-15-9-3-4-10-16-24-17-11-5-6-12-18-25-19(21)22/h20-22H,1-18H2. The lowest BCUT2D eigenvalue weighted by Crippen LogP contribution is -2.17. The van der Waals surface area contributed by atoms with Gasteiger partial charge in [-0.25, -0.2) is 0 Å². The number of hydrogen-bond donors (Lipinski definition) is 3. The molecule has 0 aromatic carbocycles. The average Bonchev–Trinajstić information content (AvgIpc) is 2.60. The SMILES string of the molecule is OCCCCCCOCCCCCCOCCCCCCOB(O)O. The maximum Gasteiger partial charge on any atom is 0.633 e. The fraction of sp³-hybridized carbons (Fsp3) is 1.00. The molecule has 0 saturated heterocycles. The molecule has 150 valence electrons. The second-order valence-electron chi connectivity index (χ2n) is 6.39. The van der Waals surface area contributed by atoms with E-state index in [0.29, 0.717) is 13.2 Å². The molecule has 0 spiro atoms. The fourth-order valence-corrected chi connectivity index (χ4v) is 2.48. The second-order valence-corrected chi connectivity index (χ2v) is 6.39. The Balaban J connectivity index is 2.96. The van der Waals surface area contributed by atoms with Crippen molar-refractivity contribution < 1.29 is 29.3 Å². The largest absolute Gasteiger partial charge is 0.633 e. The fourth-order valence-electron chi connectivity index (χ4n) is 2.48. The molecule has 0 amide bonds. The van der Waals surface area contributed by atoms with Gasteiger partial charge in [0, 0.05) is 39.6 Å². The zero-order chi connectivity index (χ0) is 18.4. The first-order chi connectivity index (χ1) is 12.3. The van der Waals surface area contributed by atoms with E-state index in [1.807, 2.05) is 0 Å². The van der Waals surface area contributed by atoms with Crippen LogP contribution in [0, 0.1) is 0 Å². The van der Waals surface area contributed by atoms with Gasteiger partial charge in [0.25, 0.3) is 0 Å². The van der Waals surface area contributed by atoms with Gasteiger partial charge in [-0.15, -0.1) is 0 Å². The van der Waals surface area contributed by atoms with Crippen LogP contribution in [0.4, 0.5) is 0 Å². The van der Waals surface area contributed by atoms with E-state index in [0.717, 1.165) is 90.6 Å². The first-order valence-corrected chi connectivity index (χ1v) is 10.0. The molecule has 0 heterocycles. The highest BCUT2D eigenvalue weighted by Crippen LogP contribution is 2.04. The molecule has 6 nitrogen and oxygen atoms in total. The number of unbranched alkanes of at least 4 members (excludes halogenated alkanes) is 9. The van der Waals surface area contributed by atoms with Crippen LogP contribution in [0.3, 0.4) is 0 Å². The van der Waals surface area contributed by atoms with Crippen LogP contribution in [0.1, 0.15) is 77.0 Å². The van der Waals surface area contributed by atoms with Crippen LogP contribution in [0.2, 0.25) is 0 Å². The van der Waals surface area contributed by atoms with Crippen molar-refractivity contribution in [2.24, 2.45) is 0 Å². The Morgan fingerprint density at radius 3 is 1.20 bits per heavy atom. The lowest BCUT2D eigenvalue weighted by molar-refractivity contribution is 0.117. The summed E-state index contributed by atoms with van der Waals surface area (Å²) in [4.78, 5) is 0. The van der Waals surface area contributed by atoms with Gasteiger partial charge in [0.2, 0.25) is 0 Å². The summed E-state index contributed by atoms with van der Waals surface area (Å²) in [6.45, 7) is 4.05. The Labute approximate surface area is 154 Å². The maximum atomic E-state index is 8.67. The summed E-state index contributed by atoms with van der Waals surface area (Å²) >= 11 is 0. The van der Waals surface area contributed by atoms with Crippen LogP contribution in [-0.4, -0.2) is 62.1 Å². The highest BCUT2D eigenvalue weighted by atomic mass is 16.6. The van der Waals surface area contributed by atoms with Gasteiger partial charge in [-0.2, -0.15) is 0 Å². The first-order valence-electron chi connectivity index (χ1n) is 10.0. The van der Waals surface area contributed by atoms with Crippen LogP contribution in [0.25, 0.3) is 0 Å². The molecular formula is C18H39BO6. The molecule has 0 aromatic rings. The van der Waals surface area contributed by atoms with Crippen molar-refractivity contribution in [3.05, 3.63) is 0 Å².